The average molecular weight is 494 g/mol. The van der Waals surface area contributed by atoms with Gasteiger partial charge in [0.15, 0.2) is 5.13 Å². The van der Waals surface area contributed by atoms with Crippen molar-refractivity contribution in [2.24, 2.45) is 0 Å². The number of carbonyl (C=O) groups is 1. The molecular formula is C25H30F3N3O2S. The number of aryl methyl sites for hydroxylation is 1. The number of rotatable bonds is 6. The predicted molar refractivity (Wildman–Crippen MR) is 132 cm³/mol. The summed E-state index contributed by atoms with van der Waals surface area (Å²) in [6.45, 7) is 4.68. The van der Waals surface area contributed by atoms with Gasteiger partial charge in [0.2, 0.25) is 5.91 Å². The molecule has 9 heteroatoms. The zero-order valence-corrected chi connectivity index (χ0v) is 20.6. The van der Waals surface area contributed by atoms with Crippen LogP contribution in [0.1, 0.15) is 37.0 Å². The summed E-state index contributed by atoms with van der Waals surface area (Å²) < 4.78 is 42.0. The molecule has 2 aromatic carbocycles. The summed E-state index contributed by atoms with van der Waals surface area (Å²) in [4.78, 5) is 16.9. The molecule has 1 amide bonds. The number of nitrogens with one attached hydrogen (secondary N) is 2. The molecule has 2 N–H and O–H groups in total. The van der Waals surface area contributed by atoms with Gasteiger partial charge in [-0.15, -0.1) is 0 Å². The van der Waals surface area contributed by atoms with E-state index in [2.05, 4.69) is 20.4 Å². The van der Waals surface area contributed by atoms with Gasteiger partial charge < -0.3 is 15.4 Å². The third-order valence-electron chi connectivity index (χ3n) is 4.72. The monoisotopic (exact) mass is 493 g/mol. The van der Waals surface area contributed by atoms with Crippen molar-refractivity contribution in [2.45, 2.75) is 39.3 Å². The molecule has 1 aliphatic heterocycles. The quantitative estimate of drug-likeness (QED) is 0.377. The number of aromatic nitrogens is 1. The Morgan fingerprint density at radius 1 is 1.12 bits per heavy atom. The number of halogens is 3. The van der Waals surface area contributed by atoms with Gasteiger partial charge in [-0.25, -0.2) is 4.98 Å². The van der Waals surface area contributed by atoms with Crippen LogP contribution in [-0.4, -0.2) is 31.7 Å². The van der Waals surface area contributed by atoms with Crippen molar-refractivity contribution >= 4 is 28.1 Å². The maximum atomic E-state index is 12.6. The fourth-order valence-corrected chi connectivity index (χ4v) is 4.06. The highest BCUT2D eigenvalue weighted by Gasteiger charge is 2.29. The lowest BCUT2D eigenvalue weighted by Crippen LogP contribution is -2.05. The number of nitrogens with zero attached hydrogens (tertiary/aromatic N) is 1. The number of methoxy groups -OCH3 is 1. The summed E-state index contributed by atoms with van der Waals surface area (Å²) >= 11 is 1.53. The third kappa shape index (κ3) is 7.85. The summed E-state index contributed by atoms with van der Waals surface area (Å²) in [6.07, 6.45) is -0.624. The predicted octanol–water partition coefficient (Wildman–Crippen LogP) is 6.66. The molecule has 34 heavy (non-hydrogen) atoms. The van der Waals surface area contributed by atoms with Crippen LogP contribution in [0.4, 0.5) is 24.0 Å². The van der Waals surface area contributed by atoms with E-state index in [1.165, 1.54) is 23.5 Å². The van der Waals surface area contributed by atoms with Crippen molar-refractivity contribution in [2.75, 3.05) is 31.4 Å². The number of amides is 1. The molecule has 0 fully saturated rings. The molecule has 1 aromatic heterocycles. The second-order valence-electron chi connectivity index (χ2n) is 7.26. The highest BCUT2D eigenvalue weighted by atomic mass is 32.1. The molecule has 0 aliphatic carbocycles. The van der Waals surface area contributed by atoms with E-state index in [1.807, 2.05) is 32.0 Å². The molecule has 0 saturated heterocycles. The second-order valence-corrected chi connectivity index (χ2v) is 8.29. The average Bonchev–Trinajstić information content (AvgIpc) is 3.43. The van der Waals surface area contributed by atoms with Crippen LogP contribution >= 0.6 is 11.3 Å². The van der Waals surface area contributed by atoms with E-state index in [1.54, 1.807) is 20.4 Å². The molecule has 1 aliphatic rings. The minimum atomic E-state index is -4.30. The zero-order chi connectivity index (χ0) is 25.1. The minimum Gasteiger partial charge on any atom is -0.388 e. The van der Waals surface area contributed by atoms with Gasteiger partial charge in [-0.1, -0.05) is 43.4 Å². The molecule has 4 rings (SSSR count). The first-order valence-corrected chi connectivity index (χ1v) is 11.8. The molecule has 0 unspecified atom stereocenters. The molecule has 0 radical (unpaired) electrons. The first-order valence-electron chi connectivity index (χ1n) is 11.0. The number of alkyl halides is 3. The fourth-order valence-electron chi connectivity index (χ4n) is 3.22. The Labute approximate surface area is 202 Å². The molecule has 5 nitrogen and oxygen atoms in total. The third-order valence-corrected chi connectivity index (χ3v) is 5.72. The van der Waals surface area contributed by atoms with Crippen molar-refractivity contribution in [1.29, 1.82) is 0 Å². The molecule has 0 bridgehead atoms. The number of carbonyl (C=O) groups excluding carboxylic acids is 1. The lowest BCUT2D eigenvalue weighted by molar-refractivity contribution is -0.137. The van der Waals surface area contributed by atoms with Gasteiger partial charge in [0.1, 0.15) is 0 Å². The fraction of sp³-hybridized carbons (Fsp3) is 0.360. The molecule has 184 valence electrons. The van der Waals surface area contributed by atoms with Gasteiger partial charge in [-0.2, -0.15) is 13.2 Å². The van der Waals surface area contributed by atoms with Crippen LogP contribution in [0.15, 0.2) is 48.7 Å². The minimum absolute atomic E-state index is 0.0110. The number of fused-ring (bicyclic) bond motifs is 1. The Hall–Kier alpha value is -2.91. The second kappa shape index (κ2) is 13.1. The number of anilines is 2. The number of ether oxygens (including phenoxy) is 1. The Balaban J connectivity index is 0.000000758. The SMILES string of the molecule is CC.COC.O=C1Cc2cc(-c3cnc(NCCCc4ccc(C(F)(F)F)cc4)s3)ccc2N1. The van der Waals surface area contributed by atoms with E-state index < -0.39 is 11.7 Å². The summed E-state index contributed by atoms with van der Waals surface area (Å²) in [5, 5.41) is 6.87. The van der Waals surface area contributed by atoms with E-state index >= 15 is 0 Å². The van der Waals surface area contributed by atoms with Crippen LogP contribution in [0.25, 0.3) is 10.4 Å². The lowest BCUT2D eigenvalue weighted by atomic mass is 10.1. The van der Waals surface area contributed by atoms with Gasteiger partial charge >= 0.3 is 6.18 Å². The molecule has 0 saturated carbocycles. The van der Waals surface area contributed by atoms with Gasteiger partial charge in [0.05, 0.1) is 16.9 Å². The first-order chi connectivity index (χ1) is 16.3. The van der Waals surface area contributed by atoms with Crippen LogP contribution in [0, 0.1) is 0 Å². The van der Waals surface area contributed by atoms with Crippen molar-refractivity contribution in [1.82, 2.24) is 4.98 Å². The smallest absolute Gasteiger partial charge is 0.388 e. The highest BCUT2D eigenvalue weighted by Crippen LogP contribution is 2.33. The largest absolute Gasteiger partial charge is 0.416 e. The maximum absolute atomic E-state index is 12.6. The van der Waals surface area contributed by atoms with Crippen molar-refractivity contribution in [3.63, 3.8) is 0 Å². The van der Waals surface area contributed by atoms with Crippen LogP contribution in [-0.2, 0) is 28.5 Å². The topological polar surface area (TPSA) is 63.2 Å². The van der Waals surface area contributed by atoms with E-state index in [4.69, 9.17) is 0 Å². The summed E-state index contributed by atoms with van der Waals surface area (Å²) in [5.74, 6) is 0.0110. The van der Waals surface area contributed by atoms with Crippen molar-refractivity contribution < 1.29 is 22.7 Å². The Morgan fingerprint density at radius 3 is 2.44 bits per heavy atom. The summed E-state index contributed by atoms with van der Waals surface area (Å²) in [5.41, 5.74) is 3.13. The molecule has 3 aromatic rings. The van der Waals surface area contributed by atoms with E-state index in [0.29, 0.717) is 19.4 Å². The van der Waals surface area contributed by atoms with E-state index in [-0.39, 0.29) is 5.91 Å². The van der Waals surface area contributed by atoms with Crippen LogP contribution in [0.3, 0.4) is 0 Å². The normalized spacial score (nSPS) is 12.0. The lowest BCUT2D eigenvalue weighted by Gasteiger charge is -2.08. The van der Waals surface area contributed by atoms with Crippen molar-refractivity contribution in [3.05, 3.63) is 65.4 Å². The first kappa shape index (κ1) is 27.3. The summed E-state index contributed by atoms with van der Waals surface area (Å²) in [6, 6.07) is 11.2. The van der Waals surface area contributed by atoms with Crippen molar-refractivity contribution in [3.8, 4) is 10.4 Å². The van der Waals surface area contributed by atoms with Gasteiger partial charge in [0.25, 0.3) is 0 Å². The molecule has 2 heterocycles. The van der Waals surface area contributed by atoms with Crippen LogP contribution < -0.4 is 10.6 Å². The van der Waals surface area contributed by atoms with Gasteiger partial charge in [0, 0.05) is 32.6 Å². The highest BCUT2D eigenvalue weighted by molar-refractivity contribution is 7.18. The number of thiazole rings is 1. The zero-order valence-electron chi connectivity index (χ0n) is 19.8. The number of hydrogen-bond acceptors (Lipinski definition) is 5. The van der Waals surface area contributed by atoms with Crippen LogP contribution in [0.5, 0.6) is 0 Å². The number of benzene rings is 2. The Morgan fingerprint density at radius 2 is 1.79 bits per heavy atom. The van der Waals surface area contributed by atoms with Gasteiger partial charge in [-0.05, 0) is 53.8 Å². The van der Waals surface area contributed by atoms with E-state index in [9.17, 15) is 18.0 Å². The molecular weight excluding hydrogens is 463 g/mol. The molecule has 0 spiro atoms. The standard InChI is InChI=1S/C21H18F3N3OS.C2H6O.C2H6/c22-21(23,24)16-6-3-13(4-7-16)2-1-9-25-20-26-12-18(29-20)14-5-8-17-15(10-14)11-19(28)27-17;1-3-2;1-2/h3-8,10,12H,1-2,9,11H2,(H,25,26)(H,27,28);1-2H3;1-2H3. The van der Waals surface area contributed by atoms with Gasteiger partial charge in [-0.3, -0.25) is 4.79 Å². The maximum Gasteiger partial charge on any atom is 0.416 e. The van der Waals surface area contributed by atoms with E-state index in [0.717, 1.165) is 50.9 Å². The Kier molecular flexibility index (Phi) is 10.5. The van der Waals surface area contributed by atoms with Crippen LogP contribution in [0.2, 0.25) is 0 Å². The number of hydrogen-bond donors (Lipinski definition) is 2. The summed E-state index contributed by atoms with van der Waals surface area (Å²) in [7, 11) is 3.25. The molecule has 0 atom stereocenters. The Bertz CT molecular complexity index is 1050.